The summed E-state index contributed by atoms with van der Waals surface area (Å²) in [6.45, 7) is 8.50. The summed E-state index contributed by atoms with van der Waals surface area (Å²) in [4.78, 5) is 15.0. The second kappa shape index (κ2) is 9.38. The third-order valence-electron chi connectivity index (χ3n) is 7.50. The molecule has 0 heterocycles. The Morgan fingerprint density at radius 1 is 1.03 bits per heavy atom. The van der Waals surface area contributed by atoms with Gasteiger partial charge in [-0.2, -0.15) is 0 Å². The molecule has 0 aromatic heterocycles. The maximum Gasteiger partial charge on any atom is 0.315 e. The molecule has 0 unspecified atom stereocenters. The smallest absolute Gasteiger partial charge is 0.315 e. The fourth-order valence-electron chi connectivity index (χ4n) is 6.15. The Hall–Kier alpha value is -1.75. The number of carbonyl (C=O) groups excluding carboxylic acids is 1. The fraction of sp³-hybridized carbons (Fsp3) is 0.708. The summed E-state index contributed by atoms with van der Waals surface area (Å²) in [5.74, 6) is 4.13. The van der Waals surface area contributed by atoms with Gasteiger partial charge in [0.05, 0.1) is 0 Å². The van der Waals surface area contributed by atoms with E-state index in [4.69, 9.17) is 4.74 Å². The topological polar surface area (TPSA) is 53.6 Å². The van der Waals surface area contributed by atoms with E-state index in [-0.39, 0.29) is 6.03 Å². The molecule has 4 fully saturated rings. The molecule has 4 aliphatic rings. The summed E-state index contributed by atoms with van der Waals surface area (Å²) in [5, 5.41) is 6.41. The number of benzene rings is 1. The van der Waals surface area contributed by atoms with Crippen molar-refractivity contribution in [2.45, 2.75) is 58.5 Å². The van der Waals surface area contributed by atoms with Gasteiger partial charge in [-0.05, 0) is 74.9 Å². The molecule has 0 atom stereocenters. The van der Waals surface area contributed by atoms with E-state index in [0.29, 0.717) is 31.0 Å². The SMILES string of the molecule is CCN(CC)CCOc1ccccc1CNC(=O)NC1C2CC3CC(C2)CC1C3. The monoisotopic (exact) mass is 399 g/mol. The second-order valence-corrected chi connectivity index (χ2v) is 9.27. The summed E-state index contributed by atoms with van der Waals surface area (Å²) in [5.41, 5.74) is 1.03. The van der Waals surface area contributed by atoms with Crippen LogP contribution < -0.4 is 15.4 Å². The lowest BCUT2D eigenvalue weighted by Crippen LogP contribution is -2.57. The van der Waals surface area contributed by atoms with Crippen molar-refractivity contribution in [1.29, 1.82) is 0 Å². The number of hydrogen-bond acceptors (Lipinski definition) is 3. The molecule has 2 amide bonds. The van der Waals surface area contributed by atoms with Crippen molar-refractivity contribution < 1.29 is 9.53 Å². The van der Waals surface area contributed by atoms with E-state index in [0.717, 1.165) is 42.8 Å². The van der Waals surface area contributed by atoms with Crippen LogP contribution in [0.25, 0.3) is 0 Å². The number of urea groups is 1. The number of carbonyl (C=O) groups is 1. The highest BCUT2D eigenvalue weighted by atomic mass is 16.5. The zero-order chi connectivity index (χ0) is 20.2. The van der Waals surface area contributed by atoms with Crippen LogP contribution in [0.5, 0.6) is 5.75 Å². The number of nitrogens with zero attached hydrogens (tertiary/aromatic N) is 1. The molecule has 4 aliphatic carbocycles. The molecule has 0 radical (unpaired) electrons. The largest absolute Gasteiger partial charge is 0.492 e. The highest BCUT2D eigenvalue weighted by Crippen LogP contribution is 2.53. The van der Waals surface area contributed by atoms with Gasteiger partial charge < -0.3 is 20.3 Å². The predicted octanol–water partition coefficient (Wildman–Crippen LogP) is 4.03. The quantitative estimate of drug-likeness (QED) is 0.659. The molecule has 0 aliphatic heterocycles. The number of amides is 2. The number of hydrogen-bond donors (Lipinski definition) is 2. The Balaban J connectivity index is 1.26. The second-order valence-electron chi connectivity index (χ2n) is 9.27. The Labute approximate surface area is 175 Å². The predicted molar refractivity (Wildman–Crippen MR) is 116 cm³/mol. The van der Waals surface area contributed by atoms with Gasteiger partial charge in [0, 0.05) is 24.7 Å². The van der Waals surface area contributed by atoms with Gasteiger partial charge in [-0.1, -0.05) is 32.0 Å². The van der Waals surface area contributed by atoms with E-state index in [1.807, 2.05) is 24.3 Å². The number of para-hydroxylation sites is 1. The Morgan fingerprint density at radius 3 is 2.34 bits per heavy atom. The van der Waals surface area contributed by atoms with E-state index in [9.17, 15) is 4.79 Å². The molecule has 1 aromatic rings. The Morgan fingerprint density at radius 2 is 1.69 bits per heavy atom. The summed E-state index contributed by atoms with van der Waals surface area (Å²) in [6, 6.07) is 8.38. The maximum atomic E-state index is 12.6. The lowest BCUT2D eigenvalue weighted by Gasteiger charge is -2.54. The van der Waals surface area contributed by atoms with E-state index in [1.165, 1.54) is 32.1 Å². The van der Waals surface area contributed by atoms with Crippen LogP contribution in [0.2, 0.25) is 0 Å². The molecular weight excluding hydrogens is 362 g/mol. The van der Waals surface area contributed by atoms with Gasteiger partial charge in [-0.3, -0.25) is 0 Å². The summed E-state index contributed by atoms with van der Waals surface area (Å²) in [6.07, 6.45) is 6.72. The summed E-state index contributed by atoms with van der Waals surface area (Å²) < 4.78 is 6.02. The van der Waals surface area contributed by atoms with Crippen LogP contribution in [-0.4, -0.2) is 43.2 Å². The zero-order valence-electron chi connectivity index (χ0n) is 18.0. The summed E-state index contributed by atoms with van der Waals surface area (Å²) >= 11 is 0. The number of rotatable bonds is 9. The molecule has 5 nitrogen and oxygen atoms in total. The van der Waals surface area contributed by atoms with E-state index >= 15 is 0 Å². The van der Waals surface area contributed by atoms with Crippen molar-refractivity contribution >= 4 is 6.03 Å². The molecule has 160 valence electrons. The van der Waals surface area contributed by atoms with Gasteiger partial charge in [0.25, 0.3) is 0 Å². The van der Waals surface area contributed by atoms with Crippen LogP contribution in [0.1, 0.15) is 51.5 Å². The third kappa shape index (κ3) is 4.88. The van der Waals surface area contributed by atoms with E-state index in [2.05, 4.69) is 29.4 Å². The highest BCUT2D eigenvalue weighted by molar-refractivity contribution is 5.74. The van der Waals surface area contributed by atoms with Crippen LogP contribution in [0.15, 0.2) is 24.3 Å². The number of nitrogens with one attached hydrogen (secondary N) is 2. The van der Waals surface area contributed by atoms with Gasteiger partial charge in [0.1, 0.15) is 12.4 Å². The third-order valence-corrected chi connectivity index (χ3v) is 7.50. The molecule has 4 bridgehead atoms. The van der Waals surface area contributed by atoms with Gasteiger partial charge in [-0.25, -0.2) is 4.79 Å². The molecule has 29 heavy (non-hydrogen) atoms. The molecule has 0 saturated heterocycles. The van der Waals surface area contributed by atoms with Crippen molar-refractivity contribution in [1.82, 2.24) is 15.5 Å². The van der Waals surface area contributed by atoms with Crippen molar-refractivity contribution in [3.8, 4) is 5.75 Å². The molecular formula is C24H37N3O2. The van der Waals surface area contributed by atoms with Crippen LogP contribution in [0.4, 0.5) is 4.79 Å². The number of ether oxygens (including phenoxy) is 1. The van der Waals surface area contributed by atoms with Crippen molar-refractivity contribution in [3.05, 3.63) is 29.8 Å². The standard InChI is InChI=1S/C24H37N3O2/c1-3-27(4-2)9-10-29-22-8-6-5-7-19(22)16-25-24(28)26-23-20-12-17-11-18(14-20)15-21(23)13-17/h5-8,17-18,20-21,23H,3-4,9-16H2,1-2H3,(H2,25,26,28). The lowest BCUT2D eigenvalue weighted by molar-refractivity contribution is -0.00942. The van der Waals surface area contributed by atoms with Crippen LogP contribution in [0, 0.1) is 23.7 Å². The van der Waals surface area contributed by atoms with E-state index in [1.54, 1.807) is 0 Å². The molecule has 5 rings (SSSR count). The average Bonchev–Trinajstić information content (AvgIpc) is 2.72. The first-order chi connectivity index (χ1) is 14.2. The average molecular weight is 400 g/mol. The highest BCUT2D eigenvalue weighted by Gasteiger charge is 2.48. The molecule has 1 aromatic carbocycles. The molecule has 4 saturated carbocycles. The first-order valence-corrected chi connectivity index (χ1v) is 11.6. The van der Waals surface area contributed by atoms with Gasteiger partial charge >= 0.3 is 6.03 Å². The van der Waals surface area contributed by atoms with Crippen molar-refractivity contribution in [2.24, 2.45) is 23.7 Å². The van der Waals surface area contributed by atoms with Crippen LogP contribution in [0.3, 0.4) is 0 Å². The first kappa shape index (κ1) is 20.5. The Bertz CT molecular complexity index is 660. The maximum absolute atomic E-state index is 12.6. The Kier molecular flexibility index (Phi) is 6.63. The van der Waals surface area contributed by atoms with Crippen molar-refractivity contribution in [3.63, 3.8) is 0 Å². The first-order valence-electron chi connectivity index (χ1n) is 11.6. The molecule has 5 heteroatoms. The van der Waals surface area contributed by atoms with Gasteiger partial charge in [-0.15, -0.1) is 0 Å². The lowest BCUT2D eigenvalue weighted by atomic mass is 9.54. The van der Waals surface area contributed by atoms with E-state index < -0.39 is 0 Å². The minimum atomic E-state index is -0.0274. The van der Waals surface area contributed by atoms with Crippen LogP contribution in [-0.2, 0) is 6.54 Å². The number of likely N-dealkylation sites (N-methyl/N-ethyl adjacent to an activating group) is 1. The van der Waals surface area contributed by atoms with Gasteiger partial charge in [0.2, 0.25) is 0 Å². The van der Waals surface area contributed by atoms with Crippen LogP contribution >= 0.6 is 0 Å². The molecule has 0 spiro atoms. The molecule has 2 N–H and O–H groups in total. The summed E-state index contributed by atoms with van der Waals surface area (Å²) in [7, 11) is 0. The fourth-order valence-corrected chi connectivity index (χ4v) is 6.15. The minimum absolute atomic E-state index is 0.0274. The van der Waals surface area contributed by atoms with Crippen molar-refractivity contribution in [2.75, 3.05) is 26.2 Å². The normalized spacial score (nSPS) is 29.8. The zero-order valence-corrected chi connectivity index (χ0v) is 18.0. The minimum Gasteiger partial charge on any atom is -0.492 e. The van der Waals surface area contributed by atoms with Gasteiger partial charge in [0.15, 0.2) is 0 Å².